The van der Waals surface area contributed by atoms with E-state index in [-0.39, 0.29) is 10.7 Å². The third-order valence-corrected chi connectivity index (χ3v) is 4.13. The van der Waals surface area contributed by atoms with E-state index < -0.39 is 11.7 Å². The molecule has 9 heteroatoms. The van der Waals surface area contributed by atoms with Crippen LogP contribution in [-0.2, 0) is 4.79 Å². The third kappa shape index (κ3) is 4.03. The van der Waals surface area contributed by atoms with Crippen LogP contribution in [0.2, 0.25) is 5.02 Å². The van der Waals surface area contributed by atoms with Gasteiger partial charge in [-0.25, -0.2) is 14.4 Å². The molecule has 1 saturated heterocycles. The molecule has 1 aliphatic heterocycles. The van der Waals surface area contributed by atoms with Crippen molar-refractivity contribution in [3.63, 3.8) is 0 Å². The minimum atomic E-state index is -0.557. The number of hydrogen-bond acceptors (Lipinski definition) is 5. The van der Waals surface area contributed by atoms with Gasteiger partial charge in [-0.15, -0.1) is 0 Å². The Morgan fingerprint density at radius 2 is 1.96 bits per heavy atom. The molecule has 3 rings (SSSR count). The van der Waals surface area contributed by atoms with Crippen LogP contribution in [0.15, 0.2) is 30.6 Å². The molecular weight excluding hydrogens is 349 g/mol. The molecule has 25 heavy (non-hydrogen) atoms. The number of amides is 2. The number of benzene rings is 1. The lowest BCUT2D eigenvalue weighted by Gasteiger charge is -2.33. The summed E-state index contributed by atoms with van der Waals surface area (Å²) in [7, 11) is 0. The van der Waals surface area contributed by atoms with E-state index in [0.717, 1.165) is 6.41 Å². The number of nitrogens with one attached hydrogen (secondary N) is 1. The van der Waals surface area contributed by atoms with Gasteiger partial charge in [0.15, 0.2) is 0 Å². The molecule has 0 radical (unpaired) electrons. The number of halogens is 2. The Balaban J connectivity index is 1.64. The number of hydrogen-bond donors (Lipinski definition) is 1. The van der Waals surface area contributed by atoms with Gasteiger partial charge >= 0.3 is 0 Å². The van der Waals surface area contributed by atoms with Crippen LogP contribution in [0, 0.1) is 5.82 Å². The SMILES string of the molecule is O=CN1CCN(c2cnc(C(=O)Nc3ccc(F)c(Cl)c3)cn2)CC1. The van der Waals surface area contributed by atoms with Gasteiger partial charge < -0.3 is 15.1 Å². The summed E-state index contributed by atoms with van der Waals surface area (Å²) in [6.07, 6.45) is 3.73. The fourth-order valence-corrected chi connectivity index (χ4v) is 2.61. The van der Waals surface area contributed by atoms with E-state index in [2.05, 4.69) is 15.3 Å². The Morgan fingerprint density at radius 1 is 1.20 bits per heavy atom. The first-order chi connectivity index (χ1) is 12.1. The Hall–Kier alpha value is -2.74. The highest BCUT2D eigenvalue weighted by molar-refractivity contribution is 6.31. The average Bonchev–Trinajstić information content (AvgIpc) is 2.65. The standard InChI is InChI=1S/C16H15ClFN5O2/c17-12-7-11(1-2-13(12)18)21-16(25)14-8-20-15(9-19-14)23-5-3-22(10-24)4-6-23/h1-2,7-10H,3-6H2,(H,21,25). The number of carbonyl (C=O) groups excluding carboxylic acids is 2. The third-order valence-electron chi connectivity index (χ3n) is 3.84. The summed E-state index contributed by atoms with van der Waals surface area (Å²) in [6.45, 7) is 2.57. The van der Waals surface area contributed by atoms with Crippen LogP contribution in [-0.4, -0.2) is 53.4 Å². The Bertz CT molecular complexity index is 779. The Morgan fingerprint density at radius 3 is 2.56 bits per heavy atom. The Kier molecular flexibility index (Phi) is 5.08. The number of piperazine rings is 1. The molecule has 1 aromatic heterocycles. The van der Waals surface area contributed by atoms with E-state index in [4.69, 9.17) is 11.6 Å². The maximum absolute atomic E-state index is 13.1. The summed E-state index contributed by atoms with van der Waals surface area (Å²) >= 11 is 5.69. The quantitative estimate of drug-likeness (QED) is 0.838. The van der Waals surface area contributed by atoms with Crippen LogP contribution in [0.4, 0.5) is 15.9 Å². The van der Waals surface area contributed by atoms with Gasteiger partial charge in [-0.3, -0.25) is 9.59 Å². The van der Waals surface area contributed by atoms with Crippen molar-refractivity contribution in [3.05, 3.63) is 47.1 Å². The lowest BCUT2D eigenvalue weighted by Crippen LogP contribution is -2.46. The fraction of sp³-hybridized carbons (Fsp3) is 0.250. The zero-order valence-electron chi connectivity index (χ0n) is 13.2. The van der Waals surface area contributed by atoms with E-state index >= 15 is 0 Å². The van der Waals surface area contributed by atoms with Crippen LogP contribution in [0.5, 0.6) is 0 Å². The number of rotatable bonds is 4. The van der Waals surface area contributed by atoms with Crippen molar-refractivity contribution >= 4 is 35.4 Å². The van der Waals surface area contributed by atoms with Crippen LogP contribution in [0.1, 0.15) is 10.5 Å². The van der Waals surface area contributed by atoms with Gasteiger partial charge in [-0.2, -0.15) is 0 Å². The number of anilines is 2. The lowest BCUT2D eigenvalue weighted by atomic mass is 10.3. The summed E-state index contributed by atoms with van der Waals surface area (Å²) in [6, 6.07) is 3.90. The molecule has 0 spiro atoms. The number of nitrogens with zero attached hydrogens (tertiary/aromatic N) is 4. The molecule has 0 atom stereocenters. The van der Waals surface area contributed by atoms with Crippen molar-refractivity contribution < 1.29 is 14.0 Å². The van der Waals surface area contributed by atoms with Gasteiger partial charge in [-0.05, 0) is 18.2 Å². The second-order valence-corrected chi connectivity index (χ2v) is 5.88. The number of carbonyl (C=O) groups is 2. The zero-order chi connectivity index (χ0) is 17.8. The largest absolute Gasteiger partial charge is 0.352 e. The highest BCUT2D eigenvalue weighted by atomic mass is 35.5. The van der Waals surface area contributed by atoms with E-state index in [1.54, 1.807) is 4.90 Å². The van der Waals surface area contributed by atoms with Crippen molar-refractivity contribution in [2.45, 2.75) is 0 Å². The highest BCUT2D eigenvalue weighted by Crippen LogP contribution is 2.20. The van der Waals surface area contributed by atoms with Crippen LogP contribution < -0.4 is 10.2 Å². The molecule has 7 nitrogen and oxygen atoms in total. The molecule has 1 aliphatic rings. The summed E-state index contributed by atoms with van der Waals surface area (Å²) in [4.78, 5) is 35.0. The van der Waals surface area contributed by atoms with Gasteiger partial charge in [0.05, 0.1) is 17.4 Å². The molecule has 1 N–H and O–H groups in total. The van der Waals surface area contributed by atoms with Crippen molar-refractivity contribution in [2.24, 2.45) is 0 Å². The van der Waals surface area contributed by atoms with Gasteiger partial charge in [0, 0.05) is 31.9 Å². The maximum Gasteiger partial charge on any atom is 0.275 e. The van der Waals surface area contributed by atoms with Crippen LogP contribution in [0.3, 0.4) is 0 Å². The van der Waals surface area contributed by atoms with Crippen molar-refractivity contribution in [3.8, 4) is 0 Å². The van der Waals surface area contributed by atoms with E-state index in [1.165, 1.54) is 30.6 Å². The molecule has 2 heterocycles. The van der Waals surface area contributed by atoms with Crippen molar-refractivity contribution in [2.75, 3.05) is 36.4 Å². The minimum Gasteiger partial charge on any atom is -0.352 e. The van der Waals surface area contributed by atoms with Crippen LogP contribution >= 0.6 is 11.6 Å². The molecule has 1 aromatic carbocycles. The molecule has 2 aromatic rings. The zero-order valence-corrected chi connectivity index (χ0v) is 13.9. The topological polar surface area (TPSA) is 78.4 Å². The van der Waals surface area contributed by atoms with Crippen LogP contribution in [0.25, 0.3) is 0 Å². The highest BCUT2D eigenvalue weighted by Gasteiger charge is 2.17. The maximum atomic E-state index is 13.1. The summed E-state index contributed by atoms with van der Waals surface area (Å²) < 4.78 is 13.1. The van der Waals surface area contributed by atoms with Gasteiger partial charge in [0.25, 0.3) is 5.91 Å². The molecule has 130 valence electrons. The predicted octanol–water partition coefficient (Wildman–Crippen LogP) is 1.80. The lowest BCUT2D eigenvalue weighted by molar-refractivity contribution is -0.118. The van der Waals surface area contributed by atoms with Gasteiger partial charge in [0.2, 0.25) is 6.41 Å². The molecule has 1 fully saturated rings. The van der Waals surface area contributed by atoms with Gasteiger partial charge in [0.1, 0.15) is 17.3 Å². The van der Waals surface area contributed by atoms with Gasteiger partial charge in [-0.1, -0.05) is 11.6 Å². The smallest absolute Gasteiger partial charge is 0.275 e. The summed E-state index contributed by atoms with van der Waals surface area (Å²) in [5, 5.41) is 2.51. The van der Waals surface area contributed by atoms with E-state index in [1.807, 2.05) is 4.90 Å². The summed E-state index contributed by atoms with van der Waals surface area (Å²) in [5.74, 6) is -0.377. The monoisotopic (exact) mass is 363 g/mol. The first kappa shape index (κ1) is 17.1. The normalized spacial score (nSPS) is 14.3. The number of aromatic nitrogens is 2. The van der Waals surface area contributed by atoms with Crippen molar-refractivity contribution in [1.29, 1.82) is 0 Å². The van der Waals surface area contributed by atoms with E-state index in [0.29, 0.717) is 37.7 Å². The molecule has 0 aliphatic carbocycles. The minimum absolute atomic E-state index is 0.0753. The molecule has 2 amide bonds. The molecular formula is C16H15ClFN5O2. The average molecular weight is 364 g/mol. The fourth-order valence-electron chi connectivity index (χ4n) is 2.43. The second kappa shape index (κ2) is 7.43. The Labute approximate surface area is 148 Å². The first-order valence-corrected chi connectivity index (χ1v) is 7.97. The summed E-state index contributed by atoms with van der Waals surface area (Å²) in [5.41, 5.74) is 0.503. The molecule has 0 saturated carbocycles. The van der Waals surface area contributed by atoms with Crippen molar-refractivity contribution in [1.82, 2.24) is 14.9 Å². The molecule has 0 bridgehead atoms. The molecule has 0 unspecified atom stereocenters. The predicted molar refractivity (Wildman–Crippen MR) is 91.2 cm³/mol. The second-order valence-electron chi connectivity index (χ2n) is 5.47. The van der Waals surface area contributed by atoms with E-state index in [9.17, 15) is 14.0 Å². The first-order valence-electron chi connectivity index (χ1n) is 7.59.